The molecule has 29 heavy (non-hydrogen) atoms. The maximum Gasteiger partial charge on any atom is 0.261 e. The third-order valence-electron chi connectivity index (χ3n) is 4.98. The number of rotatable bonds is 7. The summed E-state index contributed by atoms with van der Waals surface area (Å²) in [6, 6.07) is 13.7. The predicted octanol–water partition coefficient (Wildman–Crippen LogP) is 5.75. The van der Waals surface area contributed by atoms with E-state index in [9.17, 15) is 4.79 Å². The number of benzene rings is 2. The fourth-order valence-corrected chi connectivity index (χ4v) is 3.94. The monoisotopic (exact) mass is 409 g/mol. The van der Waals surface area contributed by atoms with Crippen LogP contribution in [-0.2, 0) is 6.61 Å². The van der Waals surface area contributed by atoms with Crippen molar-refractivity contribution in [1.29, 1.82) is 0 Å². The Labute approximate surface area is 176 Å². The summed E-state index contributed by atoms with van der Waals surface area (Å²) in [5.74, 6) is 1.59. The molecule has 4 nitrogen and oxygen atoms in total. The first-order chi connectivity index (χ1) is 13.9. The summed E-state index contributed by atoms with van der Waals surface area (Å²) in [6.45, 7) is 8.63. The van der Waals surface area contributed by atoms with Crippen LogP contribution in [0.15, 0.2) is 47.8 Å². The van der Waals surface area contributed by atoms with Crippen molar-refractivity contribution in [3.63, 3.8) is 0 Å². The number of hydrogen-bond acceptors (Lipinski definition) is 4. The van der Waals surface area contributed by atoms with Gasteiger partial charge in [-0.2, -0.15) is 0 Å². The van der Waals surface area contributed by atoms with Crippen molar-refractivity contribution in [1.82, 2.24) is 5.32 Å². The number of carbonyl (C=O) groups excluding carboxylic acids is 1. The lowest BCUT2D eigenvalue weighted by atomic mass is 10.1. The second kappa shape index (κ2) is 9.14. The first-order valence-corrected chi connectivity index (χ1v) is 10.5. The molecule has 5 heteroatoms. The lowest BCUT2D eigenvalue weighted by Crippen LogP contribution is -2.25. The van der Waals surface area contributed by atoms with Gasteiger partial charge in [0, 0.05) is 5.56 Å². The standard InChI is InChI=1S/C24H27NO3S/c1-15-9-16(2)17(3)22(10-15)28-13-19-11-23(29-14-19)24(26)25-18(4)20-7-6-8-21(12-20)27-5/h6-12,14,18H,13H2,1-5H3,(H,25,26). The lowest BCUT2D eigenvalue weighted by molar-refractivity contribution is 0.0944. The van der Waals surface area contributed by atoms with Gasteiger partial charge in [-0.1, -0.05) is 18.2 Å². The van der Waals surface area contributed by atoms with E-state index in [1.807, 2.05) is 42.6 Å². The molecule has 1 amide bonds. The first-order valence-electron chi connectivity index (χ1n) is 9.60. The summed E-state index contributed by atoms with van der Waals surface area (Å²) in [5.41, 5.74) is 5.55. The zero-order valence-corrected chi connectivity index (χ0v) is 18.4. The largest absolute Gasteiger partial charge is 0.497 e. The lowest BCUT2D eigenvalue weighted by Gasteiger charge is -2.14. The molecule has 3 aromatic rings. The van der Waals surface area contributed by atoms with E-state index in [-0.39, 0.29) is 11.9 Å². The molecule has 0 bridgehead atoms. The Kier molecular flexibility index (Phi) is 6.60. The second-order valence-electron chi connectivity index (χ2n) is 7.28. The van der Waals surface area contributed by atoms with E-state index in [0.29, 0.717) is 11.5 Å². The Morgan fingerprint density at radius 3 is 2.69 bits per heavy atom. The van der Waals surface area contributed by atoms with Crippen molar-refractivity contribution < 1.29 is 14.3 Å². The molecule has 1 atom stereocenters. The summed E-state index contributed by atoms with van der Waals surface area (Å²) in [6.07, 6.45) is 0. The van der Waals surface area contributed by atoms with Crippen LogP contribution in [0.2, 0.25) is 0 Å². The Bertz CT molecular complexity index is 1010. The Morgan fingerprint density at radius 2 is 1.93 bits per heavy atom. The first kappa shape index (κ1) is 20.9. The molecule has 0 radical (unpaired) electrons. The molecule has 1 unspecified atom stereocenters. The van der Waals surface area contributed by atoms with Crippen LogP contribution in [-0.4, -0.2) is 13.0 Å². The van der Waals surface area contributed by atoms with Crippen LogP contribution in [0.5, 0.6) is 11.5 Å². The average molecular weight is 410 g/mol. The van der Waals surface area contributed by atoms with Crippen LogP contribution in [0, 0.1) is 20.8 Å². The van der Waals surface area contributed by atoms with Gasteiger partial charge >= 0.3 is 0 Å². The highest BCUT2D eigenvalue weighted by Crippen LogP contribution is 2.25. The molecule has 0 fully saturated rings. The van der Waals surface area contributed by atoms with E-state index >= 15 is 0 Å². The summed E-state index contributed by atoms with van der Waals surface area (Å²) in [7, 11) is 1.64. The third kappa shape index (κ3) is 5.18. The molecule has 0 spiro atoms. The summed E-state index contributed by atoms with van der Waals surface area (Å²) in [5, 5.41) is 5.03. The average Bonchev–Trinajstić information content (AvgIpc) is 3.18. The highest BCUT2D eigenvalue weighted by atomic mass is 32.1. The van der Waals surface area contributed by atoms with Gasteiger partial charge in [0.05, 0.1) is 18.0 Å². The molecule has 0 saturated carbocycles. The fraction of sp³-hybridized carbons (Fsp3) is 0.292. The number of amides is 1. The Balaban J connectivity index is 1.62. The molecule has 0 aliphatic rings. The highest BCUT2D eigenvalue weighted by Gasteiger charge is 2.14. The maximum atomic E-state index is 12.6. The molecule has 0 saturated heterocycles. The Morgan fingerprint density at radius 1 is 1.14 bits per heavy atom. The normalized spacial score (nSPS) is 11.8. The van der Waals surface area contributed by atoms with Crippen molar-refractivity contribution >= 4 is 17.2 Å². The van der Waals surface area contributed by atoms with Gasteiger partial charge in [0.2, 0.25) is 0 Å². The van der Waals surface area contributed by atoms with E-state index in [0.717, 1.165) is 28.2 Å². The van der Waals surface area contributed by atoms with Gasteiger partial charge in [-0.05, 0) is 79.6 Å². The number of methoxy groups -OCH3 is 1. The van der Waals surface area contributed by atoms with Gasteiger partial charge in [-0.15, -0.1) is 11.3 Å². The fourth-order valence-electron chi connectivity index (χ4n) is 3.14. The van der Waals surface area contributed by atoms with Crippen molar-refractivity contribution in [2.45, 2.75) is 40.3 Å². The highest BCUT2D eigenvalue weighted by molar-refractivity contribution is 7.12. The molecular weight excluding hydrogens is 382 g/mol. The summed E-state index contributed by atoms with van der Waals surface area (Å²) in [4.78, 5) is 13.3. The molecule has 1 heterocycles. The van der Waals surface area contributed by atoms with E-state index < -0.39 is 0 Å². The smallest absolute Gasteiger partial charge is 0.261 e. The third-order valence-corrected chi connectivity index (χ3v) is 5.96. The van der Waals surface area contributed by atoms with Gasteiger partial charge in [-0.25, -0.2) is 0 Å². The minimum Gasteiger partial charge on any atom is -0.497 e. The maximum absolute atomic E-state index is 12.6. The topological polar surface area (TPSA) is 47.6 Å². The molecule has 1 aromatic heterocycles. The molecule has 152 valence electrons. The zero-order valence-electron chi connectivity index (χ0n) is 17.5. The number of thiophene rings is 1. The van der Waals surface area contributed by atoms with Crippen molar-refractivity contribution in [3.05, 3.63) is 80.5 Å². The van der Waals surface area contributed by atoms with E-state index in [1.165, 1.54) is 22.5 Å². The molecule has 2 aromatic carbocycles. The zero-order chi connectivity index (χ0) is 21.0. The number of nitrogens with one attached hydrogen (secondary N) is 1. The van der Waals surface area contributed by atoms with Crippen molar-refractivity contribution in [2.75, 3.05) is 7.11 Å². The molecule has 3 rings (SSSR count). The van der Waals surface area contributed by atoms with Gasteiger partial charge < -0.3 is 14.8 Å². The van der Waals surface area contributed by atoms with E-state index in [2.05, 4.69) is 38.2 Å². The van der Waals surface area contributed by atoms with Crippen molar-refractivity contribution in [2.24, 2.45) is 0 Å². The molecule has 0 aliphatic heterocycles. The van der Waals surface area contributed by atoms with Gasteiger partial charge in [0.25, 0.3) is 5.91 Å². The second-order valence-corrected chi connectivity index (χ2v) is 8.20. The molecular formula is C24H27NO3S. The predicted molar refractivity (Wildman–Crippen MR) is 118 cm³/mol. The van der Waals surface area contributed by atoms with Crippen LogP contribution >= 0.6 is 11.3 Å². The van der Waals surface area contributed by atoms with Crippen LogP contribution in [0.1, 0.15) is 50.5 Å². The van der Waals surface area contributed by atoms with Crippen LogP contribution in [0.3, 0.4) is 0 Å². The molecule has 1 N–H and O–H groups in total. The van der Waals surface area contributed by atoms with E-state index in [4.69, 9.17) is 9.47 Å². The summed E-state index contributed by atoms with van der Waals surface area (Å²) < 4.78 is 11.3. The number of carbonyl (C=O) groups is 1. The minimum absolute atomic E-state index is 0.0841. The van der Waals surface area contributed by atoms with Gasteiger partial charge in [0.1, 0.15) is 18.1 Å². The van der Waals surface area contributed by atoms with Crippen LogP contribution < -0.4 is 14.8 Å². The SMILES string of the molecule is COc1cccc(C(C)NC(=O)c2cc(COc3cc(C)cc(C)c3C)cs2)c1. The van der Waals surface area contributed by atoms with Gasteiger partial charge in [-0.3, -0.25) is 4.79 Å². The van der Waals surface area contributed by atoms with Crippen LogP contribution in [0.25, 0.3) is 0 Å². The van der Waals surface area contributed by atoms with E-state index in [1.54, 1.807) is 7.11 Å². The summed E-state index contributed by atoms with van der Waals surface area (Å²) >= 11 is 1.43. The minimum atomic E-state index is -0.114. The Hall–Kier alpha value is -2.79. The number of ether oxygens (including phenoxy) is 2. The molecule has 0 aliphatic carbocycles. The number of aryl methyl sites for hydroxylation is 2. The van der Waals surface area contributed by atoms with Crippen molar-refractivity contribution in [3.8, 4) is 11.5 Å². The van der Waals surface area contributed by atoms with Gasteiger partial charge in [0.15, 0.2) is 0 Å². The number of hydrogen-bond donors (Lipinski definition) is 1. The van der Waals surface area contributed by atoms with Crippen LogP contribution in [0.4, 0.5) is 0 Å². The quantitative estimate of drug-likeness (QED) is 0.540.